The number of nitro benzene ring substituents is 1. The van der Waals surface area contributed by atoms with E-state index >= 15 is 0 Å². The summed E-state index contributed by atoms with van der Waals surface area (Å²) in [6.07, 6.45) is 0. The van der Waals surface area contributed by atoms with Crippen molar-refractivity contribution >= 4 is 57.2 Å². The van der Waals surface area contributed by atoms with Crippen molar-refractivity contribution in [3.05, 3.63) is 67.3 Å². The SMILES string of the molecule is Cc1cc(I)ccc1NC(=S)NC(=O)c1ccccc1[N+](=O)[O-]. The molecule has 8 heteroatoms. The molecule has 0 aliphatic carbocycles. The van der Waals surface area contributed by atoms with Gasteiger partial charge in [-0.2, -0.15) is 0 Å². The summed E-state index contributed by atoms with van der Waals surface area (Å²) in [7, 11) is 0. The Bertz CT molecular complexity index is 795. The number of anilines is 1. The number of nitrogens with one attached hydrogen (secondary N) is 2. The predicted octanol–water partition coefficient (Wildman–Crippen LogP) is 3.63. The van der Waals surface area contributed by atoms with Gasteiger partial charge < -0.3 is 5.32 Å². The van der Waals surface area contributed by atoms with Crippen molar-refractivity contribution in [3.63, 3.8) is 0 Å². The Morgan fingerprint density at radius 2 is 1.96 bits per heavy atom. The van der Waals surface area contributed by atoms with Crippen LogP contribution in [0.3, 0.4) is 0 Å². The van der Waals surface area contributed by atoms with Gasteiger partial charge >= 0.3 is 0 Å². The summed E-state index contributed by atoms with van der Waals surface area (Å²) in [5, 5.41) is 16.4. The predicted molar refractivity (Wildman–Crippen MR) is 101 cm³/mol. The van der Waals surface area contributed by atoms with Gasteiger partial charge in [0.25, 0.3) is 11.6 Å². The fourth-order valence-electron chi connectivity index (χ4n) is 1.92. The molecule has 0 spiro atoms. The van der Waals surface area contributed by atoms with Gasteiger partial charge in [0.1, 0.15) is 5.56 Å². The molecule has 0 aliphatic rings. The van der Waals surface area contributed by atoms with E-state index in [2.05, 4.69) is 33.2 Å². The molecule has 118 valence electrons. The van der Waals surface area contributed by atoms with Crippen LogP contribution in [0.2, 0.25) is 0 Å². The topological polar surface area (TPSA) is 84.3 Å². The van der Waals surface area contributed by atoms with Crippen LogP contribution < -0.4 is 10.6 Å². The molecule has 2 rings (SSSR count). The molecule has 0 aromatic heterocycles. The zero-order valence-electron chi connectivity index (χ0n) is 12.0. The molecule has 0 saturated carbocycles. The molecule has 0 aliphatic heterocycles. The number of hydrogen-bond acceptors (Lipinski definition) is 4. The average Bonchev–Trinajstić information content (AvgIpc) is 2.50. The first-order valence-electron chi connectivity index (χ1n) is 6.50. The van der Waals surface area contributed by atoms with Crippen molar-refractivity contribution in [2.75, 3.05) is 5.32 Å². The van der Waals surface area contributed by atoms with Crippen LogP contribution in [0.5, 0.6) is 0 Å². The van der Waals surface area contributed by atoms with Crippen LogP contribution in [0.15, 0.2) is 42.5 Å². The molecule has 6 nitrogen and oxygen atoms in total. The van der Waals surface area contributed by atoms with E-state index in [9.17, 15) is 14.9 Å². The minimum atomic E-state index is -0.627. The van der Waals surface area contributed by atoms with Gasteiger partial charge in [-0.1, -0.05) is 12.1 Å². The molecule has 0 bridgehead atoms. The highest BCUT2D eigenvalue weighted by Gasteiger charge is 2.19. The number of halogens is 1. The minimum absolute atomic E-state index is 0.0408. The molecule has 0 unspecified atom stereocenters. The van der Waals surface area contributed by atoms with Crippen LogP contribution in [0.1, 0.15) is 15.9 Å². The van der Waals surface area contributed by atoms with E-state index in [-0.39, 0.29) is 16.4 Å². The Hall–Kier alpha value is -2.07. The highest BCUT2D eigenvalue weighted by molar-refractivity contribution is 14.1. The van der Waals surface area contributed by atoms with Crippen molar-refractivity contribution in [1.82, 2.24) is 5.32 Å². The molecule has 0 atom stereocenters. The summed E-state index contributed by atoms with van der Waals surface area (Å²) in [4.78, 5) is 22.5. The highest BCUT2D eigenvalue weighted by atomic mass is 127. The first-order chi connectivity index (χ1) is 10.9. The Balaban J connectivity index is 2.11. The standard InChI is InChI=1S/C15H12IN3O3S/c1-9-8-10(16)6-7-12(9)17-15(23)18-14(20)11-4-2-3-5-13(11)19(21)22/h2-8H,1H3,(H2,17,18,20,23). The molecule has 2 N–H and O–H groups in total. The quantitative estimate of drug-likeness (QED) is 0.329. The number of nitro groups is 1. The second-order valence-electron chi connectivity index (χ2n) is 4.64. The lowest BCUT2D eigenvalue weighted by Crippen LogP contribution is -2.34. The Kier molecular flexibility index (Phi) is 5.61. The van der Waals surface area contributed by atoms with Gasteiger partial charge in [-0.3, -0.25) is 20.2 Å². The highest BCUT2D eigenvalue weighted by Crippen LogP contribution is 2.19. The lowest BCUT2D eigenvalue weighted by molar-refractivity contribution is -0.385. The largest absolute Gasteiger partial charge is 0.332 e. The third-order valence-electron chi connectivity index (χ3n) is 3.01. The Morgan fingerprint density at radius 1 is 1.26 bits per heavy atom. The fourth-order valence-corrected chi connectivity index (χ4v) is 2.77. The second kappa shape index (κ2) is 7.47. The summed E-state index contributed by atoms with van der Waals surface area (Å²) >= 11 is 7.30. The number of para-hydroxylation sites is 1. The zero-order valence-corrected chi connectivity index (χ0v) is 15.0. The van der Waals surface area contributed by atoms with Gasteiger partial charge in [0.15, 0.2) is 5.11 Å². The second-order valence-corrected chi connectivity index (χ2v) is 6.30. The number of nitrogens with zero attached hydrogens (tertiary/aromatic N) is 1. The van der Waals surface area contributed by atoms with E-state index in [0.29, 0.717) is 0 Å². The van der Waals surface area contributed by atoms with Crippen LogP contribution in [-0.2, 0) is 0 Å². The summed E-state index contributed by atoms with van der Waals surface area (Å²) < 4.78 is 1.08. The van der Waals surface area contributed by atoms with Crippen LogP contribution in [0.25, 0.3) is 0 Å². The number of benzene rings is 2. The minimum Gasteiger partial charge on any atom is -0.332 e. The molecule has 23 heavy (non-hydrogen) atoms. The van der Waals surface area contributed by atoms with Crippen LogP contribution in [-0.4, -0.2) is 15.9 Å². The number of rotatable bonds is 3. The number of hydrogen-bond donors (Lipinski definition) is 2. The van der Waals surface area contributed by atoms with E-state index in [1.165, 1.54) is 18.2 Å². The van der Waals surface area contributed by atoms with Crippen molar-refractivity contribution in [1.29, 1.82) is 0 Å². The molecule has 0 radical (unpaired) electrons. The molecule has 0 saturated heterocycles. The van der Waals surface area contributed by atoms with Gasteiger partial charge in [0, 0.05) is 15.3 Å². The first-order valence-corrected chi connectivity index (χ1v) is 7.99. The molecule has 2 aromatic carbocycles. The van der Waals surface area contributed by atoms with Crippen LogP contribution in [0, 0.1) is 20.6 Å². The maximum absolute atomic E-state index is 12.2. The summed E-state index contributed by atoms with van der Waals surface area (Å²) in [5.74, 6) is -0.627. The van der Waals surface area contributed by atoms with Gasteiger partial charge in [0.05, 0.1) is 4.92 Å². The first kappa shape index (κ1) is 17.3. The number of carbonyl (C=O) groups is 1. The van der Waals surface area contributed by atoms with Crippen molar-refractivity contribution in [2.24, 2.45) is 0 Å². The third kappa shape index (κ3) is 4.45. The molecule has 2 aromatic rings. The summed E-state index contributed by atoms with van der Waals surface area (Å²) in [5.41, 5.74) is 1.43. The number of thiocarbonyl (C=S) groups is 1. The molecule has 0 heterocycles. The summed E-state index contributed by atoms with van der Waals surface area (Å²) in [6, 6.07) is 11.4. The number of carbonyl (C=O) groups excluding carboxylic acids is 1. The number of aryl methyl sites for hydroxylation is 1. The van der Waals surface area contributed by atoms with E-state index in [4.69, 9.17) is 12.2 Å². The lowest BCUT2D eigenvalue weighted by atomic mass is 10.1. The van der Waals surface area contributed by atoms with E-state index < -0.39 is 10.8 Å². The van der Waals surface area contributed by atoms with Crippen molar-refractivity contribution in [2.45, 2.75) is 6.92 Å². The molecular weight excluding hydrogens is 429 g/mol. The molecular formula is C15H12IN3O3S. The molecule has 0 fully saturated rings. The third-order valence-corrected chi connectivity index (χ3v) is 3.88. The Morgan fingerprint density at radius 3 is 2.61 bits per heavy atom. The maximum atomic E-state index is 12.2. The van der Waals surface area contributed by atoms with Gasteiger partial charge in [-0.05, 0) is 71.6 Å². The zero-order chi connectivity index (χ0) is 17.0. The smallest absolute Gasteiger partial charge is 0.282 e. The van der Waals surface area contributed by atoms with Crippen LogP contribution >= 0.6 is 34.8 Å². The van der Waals surface area contributed by atoms with Crippen molar-refractivity contribution < 1.29 is 9.72 Å². The summed E-state index contributed by atoms with van der Waals surface area (Å²) in [6.45, 7) is 1.91. The monoisotopic (exact) mass is 441 g/mol. The fraction of sp³-hybridized carbons (Fsp3) is 0.0667. The van der Waals surface area contributed by atoms with Gasteiger partial charge in [-0.25, -0.2) is 0 Å². The number of amides is 1. The average molecular weight is 441 g/mol. The molecule has 1 amide bonds. The lowest BCUT2D eigenvalue weighted by Gasteiger charge is -2.12. The van der Waals surface area contributed by atoms with Crippen molar-refractivity contribution in [3.8, 4) is 0 Å². The van der Waals surface area contributed by atoms with Crippen LogP contribution in [0.4, 0.5) is 11.4 Å². The Labute approximate surface area is 151 Å². The van der Waals surface area contributed by atoms with Gasteiger partial charge in [0.2, 0.25) is 0 Å². The normalized spacial score (nSPS) is 10.0. The van der Waals surface area contributed by atoms with E-state index in [0.717, 1.165) is 14.8 Å². The van der Waals surface area contributed by atoms with E-state index in [1.54, 1.807) is 6.07 Å². The van der Waals surface area contributed by atoms with E-state index in [1.807, 2.05) is 25.1 Å². The van der Waals surface area contributed by atoms with Gasteiger partial charge in [-0.15, -0.1) is 0 Å². The maximum Gasteiger partial charge on any atom is 0.282 e.